The molecule has 1 amide bonds. The molecular formula is C25H30N4OS. The van der Waals surface area contributed by atoms with Crippen LogP contribution in [0.3, 0.4) is 0 Å². The van der Waals surface area contributed by atoms with Crippen LogP contribution in [0.1, 0.15) is 29.5 Å². The van der Waals surface area contributed by atoms with E-state index in [2.05, 4.69) is 82.1 Å². The number of aromatic nitrogens is 2. The highest BCUT2D eigenvalue weighted by Crippen LogP contribution is 2.23. The highest BCUT2D eigenvalue weighted by atomic mass is 32.2. The first-order valence-corrected chi connectivity index (χ1v) is 11.9. The molecule has 2 aromatic carbocycles. The van der Waals surface area contributed by atoms with Crippen molar-refractivity contribution in [3.05, 3.63) is 77.6 Å². The van der Waals surface area contributed by atoms with Crippen molar-refractivity contribution in [2.75, 3.05) is 18.8 Å². The number of rotatable bonds is 7. The van der Waals surface area contributed by atoms with Crippen LogP contribution in [0.15, 0.2) is 66.1 Å². The first-order valence-electron chi connectivity index (χ1n) is 10.9. The Morgan fingerprint density at radius 2 is 1.90 bits per heavy atom. The summed E-state index contributed by atoms with van der Waals surface area (Å²) in [6.07, 6.45) is 5.76. The minimum Gasteiger partial charge on any atom is -0.353 e. The van der Waals surface area contributed by atoms with E-state index in [1.807, 2.05) is 6.20 Å². The second-order valence-corrected chi connectivity index (χ2v) is 9.20. The molecule has 0 atom stereocenters. The summed E-state index contributed by atoms with van der Waals surface area (Å²) in [6.45, 7) is 7.21. The summed E-state index contributed by atoms with van der Waals surface area (Å²) in [6, 6.07) is 17.2. The maximum absolute atomic E-state index is 12.6. The van der Waals surface area contributed by atoms with E-state index in [9.17, 15) is 4.79 Å². The quantitative estimate of drug-likeness (QED) is 0.561. The third-order valence-electron chi connectivity index (χ3n) is 5.77. The highest BCUT2D eigenvalue weighted by Gasteiger charge is 2.21. The minimum absolute atomic E-state index is 0.0852. The molecule has 1 aliphatic heterocycles. The van der Waals surface area contributed by atoms with Crippen LogP contribution in [-0.2, 0) is 11.3 Å². The molecule has 0 bridgehead atoms. The van der Waals surface area contributed by atoms with Gasteiger partial charge in [-0.25, -0.2) is 4.98 Å². The fraction of sp³-hybridized carbons (Fsp3) is 0.360. The van der Waals surface area contributed by atoms with E-state index in [0.717, 1.165) is 43.3 Å². The van der Waals surface area contributed by atoms with Crippen molar-refractivity contribution < 1.29 is 4.79 Å². The van der Waals surface area contributed by atoms with Gasteiger partial charge in [-0.3, -0.25) is 14.3 Å². The number of carbonyl (C=O) groups is 1. The monoisotopic (exact) mass is 434 g/mol. The number of amides is 1. The van der Waals surface area contributed by atoms with Gasteiger partial charge in [0.15, 0.2) is 5.16 Å². The van der Waals surface area contributed by atoms with Gasteiger partial charge in [0.25, 0.3) is 0 Å². The summed E-state index contributed by atoms with van der Waals surface area (Å²) in [5, 5.41) is 4.07. The standard InChI is InChI=1S/C25H30N4OS/c1-19-8-9-20(2)23(16-19)29-15-12-26-25(29)31-18-24(30)27-22-10-13-28(14-11-22)17-21-6-4-3-5-7-21/h3-9,12,15-16,22H,10-11,13-14,17-18H2,1-2H3,(H,27,30). The lowest BCUT2D eigenvalue weighted by Crippen LogP contribution is -2.44. The van der Waals surface area contributed by atoms with Crippen molar-refractivity contribution in [1.29, 1.82) is 0 Å². The van der Waals surface area contributed by atoms with Gasteiger partial charge in [0, 0.05) is 38.1 Å². The number of piperidine rings is 1. The Hall–Kier alpha value is -2.57. The van der Waals surface area contributed by atoms with Gasteiger partial charge in [-0.2, -0.15) is 0 Å². The van der Waals surface area contributed by atoms with Crippen LogP contribution in [-0.4, -0.2) is 45.2 Å². The molecule has 31 heavy (non-hydrogen) atoms. The fourth-order valence-corrected chi connectivity index (χ4v) is 4.81. The van der Waals surface area contributed by atoms with E-state index in [-0.39, 0.29) is 11.9 Å². The van der Waals surface area contributed by atoms with Crippen LogP contribution in [0.5, 0.6) is 0 Å². The molecule has 2 heterocycles. The van der Waals surface area contributed by atoms with E-state index in [4.69, 9.17) is 0 Å². The average molecular weight is 435 g/mol. The van der Waals surface area contributed by atoms with Gasteiger partial charge in [-0.1, -0.05) is 54.2 Å². The number of nitrogens with one attached hydrogen (secondary N) is 1. The van der Waals surface area contributed by atoms with Crippen molar-refractivity contribution in [2.24, 2.45) is 0 Å². The molecule has 1 saturated heterocycles. The van der Waals surface area contributed by atoms with Gasteiger partial charge in [-0.15, -0.1) is 0 Å². The largest absolute Gasteiger partial charge is 0.353 e. The number of thioether (sulfide) groups is 1. The summed E-state index contributed by atoms with van der Waals surface area (Å²) >= 11 is 1.49. The number of imidazole rings is 1. The second kappa shape index (κ2) is 10.2. The summed E-state index contributed by atoms with van der Waals surface area (Å²) < 4.78 is 2.07. The first-order chi connectivity index (χ1) is 15.1. The average Bonchev–Trinajstić information content (AvgIpc) is 3.24. The molecule has 0 radical (unpaired) electrons. The van der Waals surface area contributed by atoms with Gasteiger partial charge >= 0.3 is 0 Å². The van der Waals surface area contributed by atoms with Gasteiger partial charge in [0.1, 0.15) is 0 Å². The lowest BCUT2D eigenvalue weighted by molar-refractivity contribution is -0.119. The van der Waals surface area contributed by atoms with Crippen molar-refractivity contribution in [3.63, 3.8) is 0 Å². The second-order valence-electron chi connectivity index (χ2n) is 8.26. The maximum atomic E-state index is 12.6. The molecule has 0 saturated carbocycles. The van der Waals surface area contributed by atoms with E-state index < -0.39 is 0 Å². The van der Waals surface area contributed by atoms with Gasteiger partial charge in [0.2, 0.25) is 5.91 Å². The molecule has 162 valence electrons. The zero-order valence-corrected chi connectivity index (χ0v) is 19.1. The number of hydrogen-bond donors (Lipinski definition) is 1. The Morgan fingerprint density at radius 1 is 1.13 bits per heavy atom. The Balaban J connectivity index is 1.25. The molecule has 1 aromatic heterocycles. The third kappa shape index (κ3) is 5.77. The Labute approximate surface area is 188 Å². The van der Waals surface area contributed by atoms with Crippen LogP contribution in [0.25, 0.3) is 5.69 Å². The molecule has 0 spiro atoms. The van der Waals surface area contributed by atoms with Gasteiger partial charge in [-0.05, 0) is 49.4 Å². The van der Waals surface area contributed by atoms with E-state index in [1.165, 1.54) is 28.5 Å². The van der Waals surface area contributed by atoms with Gasteiger partial charge < -0.3 is 5.32 Å². The molecule has 6 heteroatoms. The molecule has 1 aliphatic rings. The minimum atomic E-state index is 0.0852. The molecule has 0 aliphatic carbocycles. The number of likely N-dealkylation sites (tertiary alicyclic amines) is 1. The van der Waals surface area contributed by atoms with Crippen LogP contribution >= 0.6 is 11.8 Å². The fourth-order valence-electron chi connectivity index (χ4n) is 4.04. The van der Waals surface area contributed by atoms with Crippen LogP contribution in [0.2, 0.25) is 0 Å². The normalized spacial score (nSPS) is 15.2. The topological polar surface area (TPSA) is 50.2 Å². The summed E-state index contributed by atoms with van der Waals surface area (Å²) in [7, 11) is 0. The zero-order valence-electron chi connectivity index (χ0n) is 18.3. The number of aryl methyl sites for hydroxylation is 2. The van der Waals surface area contributed by atoms with Crippen LogP contribution in [0.4, 0.5) is 0 Å². The Bertz CT molecular complexity index is 1010. The van der Waals surface area contributed by atoms with E-state index in [1.54, 1.807) is 6.20 Å². The number of hydrogen-bond acceptors (Lipinski definition) is 4. The molecule has 4 rings (SSSR count). The number of carbonyl (C=O) groups excluding carboxylic acids is 1. The molecule has 5 nitrogen and oxygen atoms in total. The molecule has 3 aromatic rings. The summed E-state index contributed by atoms with van der Waals surface area (Å²) in [4.78, 5) is 19.5. The molecule has 0 unspecified atom stereocenters. The summed E-state index contributed by atoms with van der Waals surface area (Å²) in [5.74, 6) is 0.466. The van der Waals surface area contributed by atoms with Crippen molar-refractivity contribution in [3.8, 4) is 5.69 Å². The summed E-state index contributed by atoms with van der Waals surface area (Å²) in [5.41, 5.74) is 4.87. The van der Waals surface area contributed by atoms with E-state index in [0.29, 0.717) is 5.75 Å². The Kier molecular flexibility index (Phi) is 7.10. The Morgan fingerprint density at radius 3 is 2.68 bits per heavy atom. The van der Waals surface area contributed by atoms with Crippen LogP contribution in [0, 0.1) is 13.8 Å². The smallest absolute Gasteiger partial charge is 0.230 e. The van der Waals surface area contributed by atoms with Gasteiger partial charge in [0.05, 0.1) is 11.4 Å². The SMILES string of the molecule is Cc1ccc(C)c(-n2ccnc2SCC(=O)NC2CCN(Cc3ccccc3)CC2)c1. The molecule has 1 N–H and O–H groups in total. The predicted octanol–water partition coefficient (Wildman–Crippen LogP) is 4.36. The number of nitrogens with zero attached hydrogens (tertiary/aromatic N) is 3. The zero-order chi connectivity index (χ0) is 21.6. The molecular weight excluding hydrogens is 404 g/mol. The highest BCUT2D eigenvalue weighted by molar-refractivity contribution is 7.99. The predicted molar refractivity (Wildman–Crippen MR) is 127 cm³/mol. The lowest BCUT2D eigenvalue weighted by atomic mass is 10.0. The van der Waals surface area contributed by atoms with Crippen LogP contribution < -0.4 is 5.32 Å². The van der Waals surface area contributed by atoms with E-state index >= 15 is 0 Å². The first kappa shape index (κ1) is 21.7. The maximum Gasteiger partial charge on any atom is 0.230 e. The van der Waals surface area contributed by atoms with Crippen molar-refractivity contribution in [1.82, 2.24) is 19.8 Å². The van der Waals surface area contributed by atoms with Crippen molar-refractivity contribution >= 4 is 17.7 Å². The lowest BCUT2D eigenvalue weighted by Gasteiger charge is -2.32. The molecule has 1 fully saturated rings. The number of benzene rings is 2. The third-order valence-corrected chi connectivity index (χ3v) is 6.73. The van der Waals surface area contributed by atoms with Crippen molar-refractivity contribution in [2.45, 2.75) is 44.4 Å².